The Morgan fingerprint density at radius 2 is 1.67 bits per heavy atom. The highest BCUT2D eigenvalue weighted by Crippen LogP contribution is 2.22. The Hall–Kier alpha value is -2.08. The number of halogens is 2. The second-order valence-electron chi connectivity index (χ2n) is 4.25. The first-order valence-corrected chi connectivity index (χ1v) is 7.40. The molecule has 0 spiro atoms. The fourth-order valence-electron chi connectivity index (χ4n) is 1.82. The third kappa shape index (κ3) is 3.52. The van der Waals surface area contributed by atoms with Gasteiger partial charge in [-0.1, -0.05) is 0 Å². The molecule has 0 aliphatic heterocycles. The van der Waals surface area contributed by atoms with Crippen molar-refractivity contribution in [2.75, 3.05) is 23.9 Å². The van der Waals surface area contributed by atoms with Crippen LogP contribution in [0.2, 0.25) is 0 Å². The van der Waals surface area contributed by atoms with Crippen molar-refractivity contribution in [2.45, 2.75) is 4.90 Å². The van der Waals surface area contributed by atoms with Crippen LogP contribution in [0.15, 0.2) is 41.3 Å². The zero-order valence-corrected chi connectivity index (χ0v) is 12.4. The van der Waals surface area contributed by atoms with E-state index in [0.717, 1.165) is 17.0 Å². The SMILES string of the molecule is CNc1c(F)cc(C(=O)Nc2ccc(SC)cc2)cc1F. The van der Waals surface area contributed by atoms with E-state index in [2.05, 4.69) is 10.6 Å². The maximum Gasteiger partial charge on any atom is 0.255 e. The van der Waals surface area contributed by atoms with Crippen LogP contribution in [0, 0.1) is 11.6 Å². The number of benzene rings is 2. The highest BCUT2D eigenvalue weighted by atomic mass is 32.2. The van der Waals surface area contributed by atoms with Gasteiger partial charge in [0.1, 0.15) is 17.3 Å². The third-order valence-corrected chi connectivity index (χ3v) is 3.65. The van der Waals surface area contributed by atoms with Gasteiger partial charge >= 0.3 is 0 Å². The Morgan fingerprint density at radius 3 is 2.14 bits per heavy atom. The van der Waals surface area contributed by atoms with Gasteiger partial charge in [-0.2, -0.15) is 0 Å². The number of nitrogens with one attached hydrogen (secondary N) is 2. The number of anilines is 2. The van der Waals surface area contributed by atoms with Crippen molar-refractivity contribution in [3.63, 3.8) is 0 Å². The molecule has 0 saturated carbocycles. The largest absolute Gasteiger partial charge is 0.383 e. The van der Waals surface area contributed by atoms with Crippen LogP contribution in [0.25, 0.3) is 0 Å². The number of rotatable bonds is 4. The van der Waals surface area contributed by atoms with Crippen molar-refractivity contribution in [1.82, 2.24) is 0 Å². The zero-order valence-electron chi connectivity index (χ0n) is 11.5. The lowest BCUT2D eigenvalue weighted by molar-refractivity contribution is 0.102. The normalized spacial score (nSPS) is 10.3. The van der Waals surface area contributed by atoms with Gasteiger partial charge in [-0.3, -0.25) is 4.79 Å². The fraction of sp³-hybridized carbons (Fsp3) is 0.133. The van der Waals surface area contributed by atoms with E-state index in [1.807, 2.05) is 18.4 Å². The van der Waals surface area contributed by atoms with Crippen LogP contribution >= 0.6 is 11.8 Å². The van der Waals surface area contributed by atoms with E-state index >= 15 is 0 Å². The molecule has 2 rings (SSSR count). The number of carbonyl (C=O) groups is 1. The van der Waals surface area contributed by atoms with Crippen LogP contribution in [-0.4, -0.2) is 19.2 Å². The molecule has 0 bridgehead atoms. The number of hydrogen-bond acceptors (Lipinski definition) is 3. The maximum absolute atomic E-state index is 13.6. The molecule has 110 valence electrons. The molecule has 6 heteroatoms. The van der Waals surface area contributed by atoms with Crippen molar-refractivity contribution in [1.29, 1.82) is 0 Å². The van der Waals surface area contributed by atoms with Crippen LogP contribution in [0.4, 0.5) is 20.2 Å². The molecule has 2 N–H and O–H groups in total. The van der Waals surface area contributed by atoms with Gasteiger partial charge in [-0.15, -0.1) is 11.8 Å². The van der Waals surface area contributed by atoms with Crippen LogP contribution < -0.4 is 10.6 Å². The summed E-state index contributed by atoms with van der Waals surface area (Å²) in [5.41, 5.74) is 0.241. The molecule has 0 fully saturated rings. The maximum atomic E-state index is 13.6. The smallest absolute Gasteiger partial charge is 0.255 e. The van der Waals surface area contributed by atoms with Crippen molar-refractivity contribution in [2.24, 2.45) is 0 Å². The van der Waals surface area contributed by atoms with Crippen LogP contribution in [0.3, 0.4) is 0 Å². The lowest BCUT2D eigenvalue weighted by Gasteiger charge is -2.09. The average Bonchev–Trinajstić information content (AvgIpc) is 2.47. The van der Waals surface area contributed by atoms with Crippen molar-refractivity contribution < 1.29 is 13.6 Å². The minimum atomic E-state index is -0.805. The van der Waals surface area contributed by atoms with E-state index in [0.29, 0.717) is 5.69 Å². The Kier molecular flexibility index (Phi) is 4.80. The summed E-state index contributed by atoms with van der Waals surface area (Å²) in [7, 11) is 1.41. The Balaban J connectivity index is 2.20. The first-order chi connectivity index (χ1) is 10.0. The molecule has 2 aromatic carbocycles. The lowest BCUT2D eigenvalue weighted by Crippen LogP contribution is -2.13. The minimum Gasteiger partial charge on any atom is -0.383 e. The standard InChI is InChI=1S/C15H14F2N2OS/c1-18-14-12(16)7-9(8-13(14)17)15(20)19-10-3-5-11(21-2)6-4-10/h3-8,18H,1-2H3,(H,19,20). The van der Waals surface area contributed by atoms with Crippen molar-refractivity contribution in [3.05, 3.63) is 53.6 Å². The zero-order chi connectivity index (χ0) is 15.4. The van der Waals surface area contributed by atoms with Gasteiger partial charge in [0.25, 0.3) is 5.91 Å². The van der Waals surface area contributed by atoms with E-state index in [4.69, 9.17) is 0 Å². The predicted octanol–water partition coefficient (Wildman–Crippen LogP) is 3.98. The van der Waals surface area contributed by atoms with E-state index < -0.39 is 17.5 Å². The Morgan fingerprint density at radius 1 is 1.10 bits per heavy atom. The second-order valence-corrected chi connectivity index (χ2v) is 5.13. The van der Waals surface area contributed by atoms with Gasteiger partial charge in [0.2, 0.25) is 0 Å². The Labute approximate surface area is 125 Å². The molecule has 2 aromatic rings. The van der Waals surface area contributed by atoms with Gasteiger partial charge in [-0.25, -0.2) is 8.78 Å². The molecular formula is C15H14F2N2OS. The molecular weight excluding hydrogens is 294 g/mol. The van der Waals surface area contributed by atoms with Crippen LogP contribution in [0.5, 0.6) is 0 Å². The summed E-state index contributed by atoms with van der Waals surface area (Å²) in [6, 6.07) is 9.18. The summed E-state index contributed by atoms with van der Waals surface area (Å²) in [4.78, 5) is 13.1. The molecule has 0 aliphatic rings. The molecule has 0 heterocycles. The quantitative estimate of drug-likeness (QED) is 0.839. The summed E-state index contributed by atoms with van der Waals surface area (Å²) < 4.78 is 27.2. The predicted molar refractivity (Wildman–Crippen MR) is 82.1 cm³/mol. The van der Waals surface area contributed by atoms with E-state index in [1.54, 1.807) is 23.9 Å². The van der Waals surface area contributed by atoms with E-state index in [1.165, 1.54) is 7.05 Å². The number of thioether (sulfide) groups is 1. The van der Waals surface area contributed by atoms with Gasteiger partial charge in [-0.05, 0) is 42.7 Å². The average molecular weight is 308 g/mol. The van der Waals surface area contributed by atoms with Gasteiger partial charge < -0.3 is 10.6 Å². The number of carbonyl (C=O) groups excluding carboxylic acids is 1. The topological polar surface area (TPSA) is 41.1 Å². The number of hydrogen-bond donors (Lipinski definition) is 2. The summed E-state index contributed by atoms with van der Waals surface area (Å²) in [5, 5.41) is 5.01. The van der Waals surface area contributed by atoms with Crippen molar-refractivity contribution >= 4 is 29.0 Å². The van der Waals surface area contributed by atoms with E-state index in [-0.39, 0.29) is 11.3 Å². The molecule has 1 amide bonds. The summed E-state index contributed by atoms with van der Waals surface area (Å²) in [6.07, 6.45) is 1.95. The first kappa shape index (κ1) is 15.3. The summed E-state index contributed by atoms with van der Waals surface area (Å²) >= 11 is 1.58. The molecule has 0 saturated heterocycles. The molecule has 0 aliphatic carbocycles. The highest BCUT2D eigenvalue weighted by Gasteiger charge is 2.14. The molecule has 0 unspecified atom stereocenters. The number of amides is 1. The summed E-state index contributed by atoms with van der Waals surface area (Å²) in [6.45, 7) is 0. The fourth-order valence-corrected chi connectivity index (χ4v) is 2.23. The van der Waals surface area contributed by atoms with Crippen molar-refractivity contribution in [3.8, 4) is 0 Å². The monoisotopic (exact) mass is 308 g/mol. The summed E-state index contributed by atoms with van der Waals surface area (Å²) in [5.74, 6) is -2.17. The second kappa shape index (κ2) is 6.58. The van der Waals surface area contributed by atoms with Crippen LogP contribution in [-0.2, 0) is 0 Å². The first-order valence-electron chi connectivity index (χ1n) is 6.17. The third-order valence-electron chi connectivity index (χ3n) is 2.90. The van der Waals surface area contributed by atoms with E-state index in [9.17, 15) is 13.6 Å². The van der Waals surface area contributed by atoms with Crippen LogP contribution in [0.1, 0.15) is 10.4 Å². The Bertz CT molecular complexity index is 636. The van der Waals surface area contributed by atoms with Gasteiger partial charge in [0.15, 0.2) is 0 Å². The molecule has 21 heavy (non-hydrogen) atoms. The molecule has 3 nitrogen and oxygen atoms in total. The minimum absolute atomic E-state index is 0.0713. The van der Waals surface area contributed by atoms with Gasteiger partial charge in [0, 0.05) is 23.2 Å². The molecule has 0 radical (unpaired) electrons. The lowest BCUT2D eigenvalue weighted by atomic mass is 10.1. The highest BCUT2D eigenvalue weighted by molar-refractivity contribution is 7.98. The molecule has 0 atom stereocenters. The van der Waals surface area contributed by atoms with Gasteiger partial charge in [0.05, 0.1) is 0 Å². The molecule has 0 aromatic heterocycles.